The van der Waals surface area contributed by atoms with Crippen molar-refractivity contribution in [2.75, 3.05) is 5.06 Å². The van der Waals surface area contributed by atoms with Crippen molar-refractivity contribution in [1.82, 2.24) is 0 Å². The lowest BCUT2D eigenvalue weighted by molar-refractivity contribution is -0.139. The molecule has 0 fully saturated rings. The SMILES string of the molecule is CC(C(=O)O)N(O)c1ccccc1. The minimum atomic E-state index is -1.06. The highest BCUT2D eigenvalue weighted by Gasteiger charge is 2.18. The summed E-state index contributed by atoms with van der Waals surface area (Å²) >= 11 is 0. The zero-order valence-corrected chi connectivity index (χ0v) is 7.21. The van der Waals surface area contributed by atoms with E-state index in [1.807, 2.05) is 0 Å². The van der Waals surface area contributed by atoms with Crippen molar-refractivity contribution >= 4 is 11.7 Å². The molecular weight excluding hydrogens is 170 g/mol. The number of anilines is 1. The summed E-state index contributed by atoms with van der Waals surface area (Å²) in [5, 5.41) is 18.7. The van der Waals surface area contributed by atoms with Gasteiger partial charge >= 0.3 is 5.97 Å². The maximum Gasteiger partial charge on any atom is 0.328 e. The molecule has 1 aromatic rings. The van der Waals surface area contributed by atoms with Gasteiger partial charge in [0.1, 0.15) is 0 Å². The van der Waals surface area contributed by atoms with Crippen LogP contribution in [0.25, 0.3) is 0 Å². The van der Waals surface area contributed by atoms with Crippen LogP contribution in [0.5, 0.6) is 0 Å². The number of nitrogens with zero attached hydrogens (tertiary/aromatic N) is 1. The monoisotopic (exact) mass is 181 g/mol. The first kappa shape index (κ1) is 9.54. The Kier molecular flexibility index (Phi) is 2.87. The van der Waals surface area contributed by atoms with Crippen molar-refractivity contribution in [2.24, 2.45) is 0 Å². The number of rotatable bonds is 3. The highest BCUT2D eigenvalue weighted by molar-refractivity contribution is 5.76. The van der Waals surface area contributed by atoms with E-state index in [0.29, 0.717) is 5.69 Å². The van der Waals surface area contributed by atoms with Gasteiger partial charge in [0, 0.05) is 0 Å². The van der Waals surface area contributed by atoms with Gasteiger partial charge in [-0.2, -0.15) is 0 Å². The second kappa shape index (κ2) is 3.91. The average Bonchev–Trinajstić information content (AvgIpc) is 2.17. The number of hydrogen-bond acceptors (Lipinski definition) is 3. The molecule has 0 amide bonds. The second-order valence-corrected chi connectivity index (χ2v) is 2.69. The molecule has 0 bridgehead atoms. The Morgan fingerprint density at radius 2 is 1.92 bits per heavy atom. The Labute approximate surface area is 76.0 Å². The maximum atomic E-state index is 10.5. The number of hydrogen-bond donors (Lipinski definition) is 2. The molecule has 70 valence electrons. The third-order valence-corrected chi connectivity index (χ3v) is 1.74. The molecular formula is C9H11NO3. The first-order chi connectivity index (χ1) is 6.13. The predicted octanol–water partition coefficient (Wildman–Crippen LogP) is 1.36. The van der Waals surface area contributed by atoms with Crippen molar-refractivity contribution < 1.29 is 15.1 Å². The Hall–Kier alpha value is -1.55. The molecule has 1 unspecified atom stereocenters. The number of hydroxylamine groups is 1. The van der Waals surface area contributed by atoms with Gasteiger partial charge in [0.05, 0.1) is 5.69 Å². The zero-order chi connectivity index (χ0) is 9.84. The van der Waals surface area contributed by atoms with Crippen LogP contribution in [0.15, 0.2) is 30.3 Å². The smallest absolute Gasteiger partial charge is 0.328 e. The van der Waals surface area contributed by atoms with Crippen molar-refractivity contribution in [2.45, 2.75) is 13.0 Å². The van der Waals surface area contributed by atoms with Crippen LogP contribution in [-0.4, -0.2) is 22.3 Å². The van der Waals surface area contributed by atoms with Gasteiger partial charge in [0.25, 0.3) is 0 Å². The number of carboxylic acid groups (broad SMARTS) is 1. The summed E-state index contributed by atoms with van der Waals surface area (Å²) in [6, 6.07) is 7.59. The van der Waals surface area contributed by atoms with E-state index in [4.69, 9.17) is 5.11 Å². The van der Waals surface area contributed by atoms with E-state index in [0.717, 1.165) is 5.06 Å². The standard InChI is InChI=1S/C9H11NO3/c1-7(9(11)12)10(13)8-5-3-2-4-6-8/h2-7,13H,1H3,(H,11,12). The van der Waals surface area contributed by atoms with Gasteiger partial charge in [-0.3, -0.25) is 5.21 Å². The fraction of sp³-hybridized carbons (Fsp3) is 0.222. The van der Waals surface area contributed by atoms with E-state index in [1.54, 1.807) is 30.3 Å². The van der Waals surface area contributed by atoms with Gasteiger partial charge in [-0.15, -0.1) is 0 Å². The van der Waals surface area contributed by atoms with Gasteiger partial charge in [-0.05, 0) is 19.1 Å². The Bertz CT molecular complexity index is 286. The van der Waals surface area contributed by atoms with E-state index in [1.165, 1.54) is 6.92 Å². The van der Waals surface area contributed by atoms with Crippen LogP contribution in [0.3, 0.4) is 0 Å². The lowest BCUT2D eigenvalue weighted by Crippen LogP contribution is -2.36. The molecule has 0 spiro atoms. The van der Waals surface area contributed by atoms with Crippen LogP contribution in [0.1, 0.15) is 6.92 Å². The van der Waals surface area contributed by atoms with Crippen LogP contribution < -0.4 is 5.06 Å². The Morgan fingerprint density at radius 3 is 2.38 bits per heavy atom. The molecule has 0 saturated carbocycles. The molecule has 4 nitrogen and oxygen atoms in total. The van der Waals surface area contributed by atoms with Crippen LogP contribution in [0.2, 0.25) is 0 Å². The molecule has 13 heavy (non-hydrogen) atoms. The fourth-order valence-electron chi connectivity index (χ4n) is 0.909. The molecule has 1 rings (SSSR count). The van der Waals surface area contributed by atoms with Crippen molar-refractivity contribution in [3.8, 4) is 0 Å². The summed E-state index contributed by atoms with van der Waals surface area (Å²) in [5.74, 6) is -1.06. The molecule has 0 aliphatic rings. The quantitative estimate of drug-likeness (QED) is 0.691. The molecule has 2 N–H and O–H groups in total. The summed E-state index contributed by atoms with van der Waals surface area (Å²) in [7, 11) is 0. The molecule has 0 radical (unpaired) electrons. The minimum Gasteiger partial charge on any atom is -0.480 e. The highest BCUT2D eigenvalue weighted by Crippen LogP contribution is 2.13. The highest BCUT2D eigenvalue weighted by atomic mass is 16.5. The first-order valence-electron chi connectivity index (χ1n) is 3.89. The van der Waals surface area contributed by atoms with Gasteiger partial charge in [0.15, 0.2) is 6.04 Å². The second-order valence-electron chi connectivity index (χ2n) is 2.69. The topological polar surface area (TPSA) is 60.8 Å². The summed E-state index contributed by atoms with van der Waals surface area (Å²) in [6.45, 7) is 1.41. The maximum absolute atomic E-state index is 10.5. The first-order valence-corrected chi connectivity index (χ1v) is 3.89. The molecule has 0 heterocycles. The Morgan fingerprint density at radius 1 is 1.38 bits per heavy atom. The van der Waals surface area contributed by atoms with E-state index in [2.05, 4.69) is 0 Å². The van der Waals surface area contributed by atoms with Crippen LogP contribution >= 0.6 is 0 Å². The number of benzene rings is 1. The van der Waals surface area contributed by atoms with Crippen LogP contribution in [0.4, 0.5) is 5.69 Å². The summed E-state index contributed by atoms with van der Waals surface area (Å²) < 4.78 is 0. The largest absolute Gasteiger partial charge is 0.480 e. The summed E-state index contributed by atoms with van der Waals surface area (Å²) in [6.07, 6.45) is 0. The zero-order valence-electron chi connectivity index (χ0n) is 7.21. The van der Waals surface area contributed by atoms with Gasteiger partial charge in [-0.1, -0.05) is 18.2 Å². The van der Waals surface area contributed by atoms with Crippen LogP contribution in [0, 0.1) is 0 Å². The van der Waals surface area contributed by atoms with Gasteiger partial charge in [0.2, 0.25) is 0 Å². The summed E-state index contributed by atoms with van der Waals surface area (Å²) in [5.41, 5.74) is 0.470. The lowest BCUT2D eigenvalue weighted by atomic mass is 10.2. The number of carboxylic acids is 1. The molecule has 0 aliphatic heterocycles. The van der Waals surface area contributed by atoms with Gasteiger partial charge in [-0.25, -0.2) is 9.86 Å². The van der Waals surface area contributed by atoms with E-state index < -0.39 is 12.0 Å². The lowest BCUT2D eigenvalue weighted by Gasteiger charge is -2.20. The van der Waals surface area contributed by atoms with Gasteiger partial charge < -0.3 is 5.11 Å². The number of aliphatic carboxylic acids is 1. The van der Waals surface area contributed by atoms with E-state index in [-0.39, 0.29) is 0 Å². The van der Waals surface area contributed by atoms with E-state index in [9.17, 15) is 10.0 Å². The number of carbonyl (C=O) groups is 1. The van der Waals surface area contributed by atoms with E-state index >= 15 is 0 Å². The molecule has 0 saturated heterocycles. The average molecular weight is 181 g/mol. The van der Waals surface area contributed by atoms with Crippen molar-refractivity contribution in [3.63, 3.8) is 0 Å². The van der Waals surface area contributed by atoms with Crippen molar-refractivity contribution in [3.05, 3.63) is 30.3 Å². The third kappa shape index (κ3) is 2.19. The fourth-order valence-corrected chi connectivity index (χ4v) is 0.909. The van der Waals surface area contributed by atoms with Crippen LogP contribution in [-0.2, 0) is 4.79 Å². The molecule has 4 heteroatoms. The predicted molar refractivity (Wildman–Crippen MR) is 47.8 cm³/mol. The number of para-hydroxylation sites is 1. The third-order valence-electron chi connectivity index (χ3n) is 1.74. The Balaban J connectivity index is 2.79. The molecule has 0 aromatic heterocycles. The summed E-state index contributed by atoms with van der Waals surface area (Å²) in [4.78, 5) is 10.5. The minimum absolute atomic E-state index is 0.470. The molecule has 1 aromatic carbocycles. The molecule has 0 aliphatic carbocycles. The normalized spacial score (nSPS) is 12.2. The van der Waals surface area contributed by atoms with Crippen molar-refractivity contribution in [1.29, 1.82) is 0 Å². The molecule has 1 atom stereocenters.